The summed E-state index contributed by atoms with van der Waals surface area (Å²) in [6.07, 6.45) is -5.16. The van der Waals surface area contributed by atoms with Gasteiger partial charge < -0.3 is 34.7 Å². The van der Waals surface area contributed by atoms with E-state index < -0.39 is 54.3 Å². The van der Waals surface area contributed by atoms with Gasteiger partial charge in [-0.05, 0) is 54.1 Å². The Morgan fingerprint density at radius 2 is 1.91 bits per heavy atom. The van der Waals surface area contributed by atoms with Crippen molar-refractivity contribution in [2.75, 3.05) is 26.8 Å². The first kappa shape index (κ1) is 30.7. The maximum Gasteiger partial charge on any atom is 0.449 e. The number of benzene rings is 3. The zero-order valence-corrected chi connectivity index (χ0v) is 24.2. The molecule has 15 heteroatoms. The molecule has 6 rings (SSSR count). The maximum atomic E-state index is 14.6. The lowest BCUT2D eigenvalue weighted by Crippen LogP contribution is -2.58. The molecule has 4 bridgehead atoms. The van der Waals surface area contributed by atoms with Crippen LogP contribution in [0, 0.1) is 5.82 Å². The summed E-state index contributed by atoms with van der Waals surface area (Å²) < 4.78 is 71.1. The van der Waals surface area contributed by atoms with E-state index in [2.05, 4.69) is 20.6 Å². The molecule has 2 aliphatic heterocycles. The lowest BCUT2D eigenvalue weighted by Gasteiger charge is -2.39. The quantitative estimate of drug-likeness (QED) is 0.283. The molecule has 1 saturated heterocycles. The van der Waals surface area contributed by atoms with Crippen molar-refractivity contribution in [3.05, 3.63) is 82.9 Å². The molecule has 240 valence electrons. The molecular weight excluding hydrogens is 614 g/mol. The Hall–Kier alpha value is -5.34. The summed E-state index contributed by atoms with van der Waals surface area (Å²) in [6.45, 7) is -0.263. The number of nitrogens with one attached hydrogen (secondary N) is 3. The van der Waals surface area contributed by atoms with Gasteiger partial charge >= 0.3 is 6.18 Å². The number of carbonyl (C=O) groups excluding carboxylic acids is 3. The standard InChI is InChI=1S/C31H27F4N5O6/c1-44-25-5-3-17-11-26(25)45-15-27(41)36-13-16-8-19(32)12-20(9-16)46-24-6-7-40(14-23(24)37-28(17)42)29(43)18-2-4-21-22(10-18)39-30(38-21)31(33,34)35/h2-5,8-12,23-24H,6-7,13-15H2,1H3,(H,36,41)(H,37,42)(H,38,39)/t23-,24+/m0/s1. The number of halogens is 4. The highest BCUT2D eigenvalue weighted by atomic mass is 19.4. The molecule has 0 aliphatic carbocycles. The number of likely N-dealkylation sites (tertiary alicyclic amines) is 1. The van der Waals surface area contributed by atoms with E-state index in [9.17, 15) is 31.9 Å². The molecule has 0 saturated carbocycles. The van der Waals surface area contributed by atoms with Crippen molar-refractivity contribution in [2.45, 2.75) is 31.3 Å². The molecule has 1 fully saturated rings. The molecule has 2 aliphatic rings. The monoisotopic (exact) mass is 641 g/mol. The van der Waals surface area contributed by atoms with Crippen LogP contribution in [0.1, 0.15) is 38.5 Å². The number of fused-ring (bicyclic) bond motifs is 6. The van der Waals surface area contributed by atoms with Gasteiger partial charge in [-0.25, -0.2) is 9.37 Å². The average Bonchev–Trinajstić information content (AvgIpc) is 3.47. The van der Waals surface area contributed by atoms with Crippen LogP contribution in [0.5, 0.6) is 17.2 Å². The number of amides is 3. The number of H-pyrrole nitrogens is 1. The number of aromatic amines is 1. The molecule has 46 heavy (non-hydrogen) atoms. The van der Waals surface area contributed by atoms with Gasteiger partial charge in [0, 0.05) is 43.2 Å². The van der Waals surface area contributed by atoms with Crippen LogP contribution in [-0.4, -0.2) is 71.5 Å². The Bertz CT molecular complexity index is 1830. The molecule has 4 aromatic rings. The first-order valence-electron chi connectivity index (χ1n) is 14.2. The number of hydrogen-bond acceptors (Lipinski definition) is 7. The number of nitrogens with zero attached hydrogens (tertiary/aromatic N) is 2. The van der Waals surface area contributed by atoms with E-state index >= 15 is 0 Å². The summed E-state index contributed by atoms with van der Waals surface area (Å²) in [5, 5.41) is 5.55. The number of carbonyl (C=O) groups is 3. The van der Waals surface area contributed by atoms with Crippen molar-refractivity contribution < 1.29 is 46.2 Å². The first-order valence-corrected chi connectivity index (χ1v) is 14.2. The maximum absolute atomic E-state index is 14.6. The molecular formula is C31H27F4N5O6. The van der Waals surface area contributed by atoms with Gasteiger partial charge in [0.2, 0.25) is 5.82 Å². The first-order chi connectivity index (χ1) is 22.0. The van der Waals surface area contributed by atoms with Gasteiger partial charge in [-0.1, -0.05) is 0 Å². The van der Waals surface area contributed by atoms with E-state index in [1.165, 1.54) is 60.5 Å². The number of alkyl halides is 3. The molecule has 3 N–H and O–H groups in total. The highest BCUT2D eigenvalue weighted by Crippen LogP contribution is 2.31. The number of imidazole rings is 1. The van der Waals surface area contributed by atoms with E-state index in [0.717, 1.165) is 0 Å². The molecule has 0 unspecified atom stereocenters. The number of methoxy groups -OCH3 is 1. The van der Waals surface area contributed by atoms with Crippen molar-refractivity contribution in [3.63, 3.8) is 0 Å². The van der Waals surface area contributed by atoms with Crippen LogP contribution in [0.3, 0.4) is 0 Å². The molecule has 0 radical (unpaired) electrons. The normalized spacial score (nSPS) is 18.9. The van der Waals surface area contributed by atoms with Crippen LogP contribution in [0.25, 0.3) is 11.0 Å². The minimum Gasteiger partial charge on any atom is -0.493 e. The fraction of sp³-hybridized carbons (Fsp3) is 0.290. The van der Waals surface area contributed by atoms with E-state index in [1.54, 1.807) is 6.07 Å². The van der Waals surface area contributed by atoms with Crippen LogP contribution in [0.2, 0.25) is 0 Å². The van der Waals surface area contributed by atoms with Crippen molar-refractivity contribution in [3.8, 4) is 17.2 Å². The SMILES string of the molecule is COc1ccc2cc1OCC(=O)NCc1cc(F)cc(c1)O[C@@H]1CCN(C(=O)c3ccc4nc(C(F)(F)F)[nH]c4c3)C[C@@H]1NC2=O. The lowest BCUT2D eigenvalue weighted by molar-refractivity contribution is -0.144. The second-order valence-corrected chi connectivity index (χ2v) is 10.8. The zero-order chi connectivity index (χ0) is 32.6. The minimum atomic E-state index is -4.68. The summed E-state index contributed by atoms with van der Waals surface area (Å²) >= 11 is 0. The number of ether oxygens (including phenoxy) is 3. The van der Waals surface area contributed by atoms with Gasteiger partial charge in [-0.2, -0.15) is 13.2 Å². The number of rotatable bonds is 2. The van der Waals surface area contributed by atoms with Crippen molar-refractivity contribution in [2.24, 2.45) is 0 Å². The molecule has 11 nitrogen and oxygen atoms in total. The Morgan fingerprint density at radius 1 is 1.09 bits per heavy atom. The van der Waals surface area contributed by atoms with Crippen LogP contribution in [0.15, 0.2) is 54.6 Å². The molecule has 1 aromatic heterocycles. The Balaban J connectivity index is 1.30. The number of piperidine rings is 1. The van der Waals surface area contributed by atoms with E-state index in [1.807, 2.05) is 0 Å². The van der Waals surface area contributed by atoms with Gasteiger partial charge in [-0.3, -0.25) is 14.4 Å². The van der Waals surface area contributed by atoms with Crippen molar-refractivity contribution in [1.29, 1.82) is 0 Å². The predicted molar refractivity (Wildman–Crippen MR) is 154 cm³/mol. The average molecular weight is 642 g/mol. The second kappa shape index (κ2) is 12.2. The molecule has 3 heterocycles. The zero-order valence-electron chi connectivity index (χ0n) is 24.2. The fourth-order valence-corrected chi connectivity index (χ4v) is 5.40. The highest BCUT2D eigenvalue weighted by Gasteiger charge is 2.36. The third kappa shape index (κ3) is 6.53. The second-order valence-electron chi connectivity index (χ2n) is 10.8. The van der Waals surface area contributed by atoms with Crippen LogP contribution in [-0.2, 0) is 17.5 Å². The third-order valence-electron chi connectivity index (χ3n) is 7.64. The van der Waals surface area contributed by atoms with Gasteiger partial charge in [0.05, 0.1) is 24.2 Å². The van der Waals surface area contributed by atoms with Gasteiger partial charge in [0.25, 0.3) is 17.7 Å². The predicted octanol–water partition coefficient (Wildman–Crippen LogP) is 3.83. The largest absolute Gasteiger partial charge is 0.493 e. The van der Waals surface area contributed by atoms with Gasteiger partial charge in [0.1, 0.15) is 17.7 Å². The topological polar surface area (TPSA) is 135 Å². The van der Waals surface area contributed by atoms with Crippen LogP contribution >= 0.6 is 0 Å². The lowest BCUT2D eigenvalue weighted by atomic mass is 9.99. The fourth-order valence-electron chi connectivity index (χ4n) is 5.40. The molecule has 3 amide bonds. The van der Waals surface area contributed by atoms with Crippen molar-refractivity contribution >= 4 is 28.8 Å². The summed E-state index contributed by atoms with van der Waals surface area (Å²) in [7, 11) is 1.41. The van der Waals surface area contributed by atoms with Crippen LogP contribution in [0.4, 0.5) is 17.6 Å². The molecule has 3 aromatic carbocycles. The minimum absolute atomic E-state index is 0.00820. The van der Waals surface area contributed by atoms with Crippen molar-refractivity contribution in [1.82, 2.24) is 25.5 Å². The third-order valence-corrected chi connectivity index (χ3v) is 7.64. The van der Waals surface area contributed by atoms with E-state index in [-0.39, 0.29) is 65.5 Å². The van der Waals surface area contributed by atoms with Gasteiger partial charge in [0.15, 0.2) is 18.1 Å². The molecule has 2 atom stereocenters. The summed E-state index contributed by atoms with van der Waals surface area (Å²) in [4.78, 5) is 46.7. The highest BCUT2D eigenvalue weighted by molar-refractivity contribution is 5.98. The van der Waals surface area contributed by atoms with Crippen LogP contribution < -0.4 is 24.8 Å². The molecule has 0 spiro atoms. The summed E-state index contributed by atoms with van der Waals surface area (Å²) in [6, 6.07) is 11.6. The summed E-state index contributed by atoms with van der Waals surface area (Å²) in [5.74, 6) is -2.70. The Labute approximate surface area is 258 Å². The van der Waals surface area contributed by atoms with E-state index in [0.29, 0.717) is 5.56 Å². The van der Waals surface area contributed by atoms with Gasteiger partial charge in [-0.15, -0.1) is 0 Å². The summed E-state index contributed by atoms with van der Waals surface area (Å²) in [5.41, 5.74) is 0.815. The van der Waals surface area contributed by atoms with E-state index in [4.69, 9.17) is 14.2 Å². The number of aromatic nitrogens is 2. The Kier molecular flexibility index (Phi) is 8.15. The smallest absolute Gasteiger partial charge is 0.449 e. The Morgan fingerprint density at radius 3 is 2.70 bits per heavy atom. The number of hydrogen-bond donors (Lipinski definition) is 3.